The number of hydrogen-bond acceptors (Lipinski definition) is 6. The van der Waals surface area contributed by atoms with E-state index in [0.29, 0.717) is 11.6 Å². The number of rotatable bonds is 6. The summed E-state index contributed by atoms with van der Waals surface area (Å²) < 4.78 is 12.9. The second kappa shape index (κ2) is 8.09. The van der Waals surface area contributed by atoms with Crippen LogP contribution in [0.1, 0.15) is 89.3 Å². The SMILES string of the molecule is CC(C)(C)OC(=O)CN1CCC[C@@H]1COC(=O)c1cc(C2CC2)nn1C(C)(C)C. The molecule has 1 aliphatic carbocycles. The molecule has 29 heavy (non-hydrogen) atoms. The summed E-state index contributed by atoms with van der Waals surface area (Å²) in [4.78, 5) is 27.1. The number of carbonyl (C=O) groups is 2. The summed E-state index contributed by atoms with van der Waals surface area (Å²) >= 11 is 0. The Morgan fingerprint density at radius 3 is 2.41 bits per heavy atom. The lowest BCUT2D eigenvalue weighted by Gasteiger charge is -2.26. The van der Waals surface area contributed by atoms with Crippen LogP contribution in [0.25, 0.3) is 0 Å². The van der Waals surface area contributed by atoms with Crippen LogP contribution in [0.2, 0.25) is 0 Å². The molecule has 1 saturated heterocycles. The molecule has 1 atom stereocenters. The molecule has 162 valence electrons. The fourth-order valence-electron chi connectivity index (χ4n) is 3.71. The summed E-state index contributed by atoms with van der Waals surface area (Å²) in [6.45, 7) is 13.0. The highest BCUT2D eigenvalue weighted by Crippen LogP contribution is 2.40. The summed E-state index contributed by atoms with van der Waals surface area (Å²) in [5, 5.41) is 4.68. The quantitative estimate of drug-likeness (QED) is 0.675. The van der Waals surface area contributed by atoms with Gasteiger partial charge in [0.1, 0.15) is 17.9 Å². The van der Waals surface area contributed by atoms with Crippen LogP contribution < -0.4 is 0 Å². The summed E-state index contributed by atoms with van der Waals surface area (Å²) in [6, 6.07) is 1.93. The maximum Gasteiger partial charge on any atom is 0.356 e. The van der Waals surface area contributed by atoms with Crippen LogP contribution in [0.15, 0.2) is 6.07 Å². The number of carbonyl (C=O) groups excluding carboxylic acids is 2. The zero-order chi connectivity index (χ0) is 21.4. The summed E-state index contributed by atoms with van der Waals surface area (Å²) in [5.41, 5.74) is 0.705. The maximum atomic E-state index is 12.8. The molecule has 0 bridgehead atoms. The lowest BCUT2D eigenvalue weighted by Crippen LogP contribution is -2.40. The smallest absolute Gasteiger partial charge is 0.356 e. The average Bonchev–Trinajstić information content (AvgIpc) is 3.16. The van der Waals surface area contributed by atoms with Gasteiger partial charge < -0.3 is 9.47 Å². The Balaban J connectivity index is 1.61. The molecule has 1 saturated carbocycles. The molecule has 0 amide bonds. The Bertz CT molecular complexity index is 753. The van der Waals surface area contributed by atoms with Gasteiger partial charge in [-0.1, -0.05) is 0 Å². The largest absolute Gasteiger partial charge is 0.459 e. The van der Waals surface area contributed by atoms with Gasteiger partial charge in [0, 0.05) is 12.0 Å². The van der Waals surface area contributed by atoms with E-state index in [0.717, 1.165) is 37.9 Å². The number of aromatic nitrogens is 2. The Labute approximate surface area is 173 Å². The van der Waals surface area contributed by atoms with E-state index in [9.17, 15) is 9.59 Å². The second-order valence-corrected chi connectivity index (χ2v) is 10.3. The van der Waals surface area contributed by atoms with Gasteiger partial charge in [-0.2, -0.15) is 5.10 Å². The normalized spacial score (nSPS) is 20.7. The van der Waals surface area contributed by atoms with Gasteiger partial charge >= 0.3 is 11.9 Å². The van der Waals surface area contributed by atoms with Crippen LogP contribution in [-0.4, -0.2) is 58.0 Å². The Morgan fingerprint density at radius 1 is 1.14 bits per heavy atom. The zero-order valence-corrected chi connectivity index (χ0v) is 18.7. The standard InChI is InChI=1S/C22H35N3O4/c1-21(2,3)25-18(12-17(23-25)15-9-10-15)20(27)28-14-16-8-7-11-24(16)13-19(26)29-22(4,5)6/h12,15-16H,7-11,13-14H2,1-6H3/t16-/m1/s1. The maximum absolute atomic E-state index is 12.8. The molecule has 1 aromatic rings. The van der Waals surface area contributed by atoms with Gasteiger partial charge in [0.25, 0.3) is 0 Å². The van der Waals surface area contributed by atoms with Gasteiger partial charge in [0.2, 0.25) is 0 Å². The minimum atomic E-state index is -0.497. The highest BCUT2D eigenvalue weighted by Gasteiger charge is 2.33. The molecule has 1 aliphatic heterocycles. The predicted octanol–water partition coefficient (Wildman–Crippen LogP) is 3.48. The molecule has 0 aromatic carbocycles. The van der Waals surface area contributed by atoms with Crippen molar-refractivity contribution in [1.29, 1.82) is 0 Å². The van der Waals surface area contributed by atoms with Gasteiger partial charge in [-0.05, 0) is 79.8 Å². The van der Waals surface area contributed by atoms with Gasteiger partial charge in [0.15, 0.2) is 0 Å². The first-order chi connectivity index (χ1) is 13.4. The molecular formula is C22H35N3O4. The molecule has 3 rings (SSSR count). The van der Waals surface area contributed by atoms with Crippen molar-refractivity contribution in [2.24, 2.45) is 0 Å². The van der Waals surface area contributed by atoms with E-state index in [-0.39, 0.29) is 36.7 Å². The fourth-order valence-corrected chi connectivity index (χ4v) is 3.71. The molecule has 2 heterocycles. The van der Waals surface area contributed by atoms with Crippen molar-refractivity contribution >= 4 is 11.9 Å². The third kappa shape index (κ3) is 5.81. The van der Waals surface area contributed by atoms with Crippen LogP contribution in [0.3, 0.4) is 0 Å². The summed E-state index contributed by atoms with van der Waals surface area (Å²) in [5.74, 6) is -0.108. The van der Waals surface area contributed by atoms with Crippen LogP contribution in [0.5, 0.6) is 0 Å². The molecule has 0 N–H and O–H groups in total. The van der Waals surface area contributed by atoms with E-state index in [1.165, 1.54) is 0 Å². The molecule has 2 aliphatic rings. The van der Waals surface area contributed by atoms with E-state index in [1.807, 2.05) is 47.6 Å². The van der Waals surface area contributed by atoms with Gasteiger partial charge in [-0.3, -0.25) is 14.4 Å². The van der Waals surface area contributed by atoms with Gasteiger partial charge in [-0.15, -0.1) is 0 Å². The Kier molecular flexibility index (Phi) is 6.08. The molecule has 0 radical (unpaired) electrons. The van der Waals surface area contributed by atoms with Crippen LogP contribution in [0.4, 0.5) is 0 Å². The molecule has 1 aromatic heterocycles. The third-order valence-electron chi connectivity index (χ3n) is 5.23. The van der Waals surface area contributed by atoms with Crippen molar-refractivity contribution in [2.45, 2.75) is 90.3 Å². The lowest BCUT2D eigenvalue weighted by atomic mass is 10.1. The average molecular weight is 406 g/mol. The van der Waals surface area contributed by atoms with Gasteiger partial charge in [-0.25, -0.2) is 4.79 Å². The molecule has 0 spiro atoms. The fraction of sp³-hybridized carbons (Fsp3) is 0.773. The third-order valence-corrected chi connectivity index (χ3v) is 5.23. The number of likely N-dealkylation sites (tertiary alicyclic amines) is 1. The minimum Gasteiger partial charge on any atom is -0.459 e. The number of ether oxygens (including phenoxy) is 2. The van der Waals surface area contributed by atoms with E-state index in [4.69, 9.17) is 9.47 Å². The van der Waals surface area contributed by atoms with Crippen LogP contribution >= 0.6 is 0 Å². The summed E-state index contributed by atoms with van der Waals surface area (Å²) in [6.07, 6.45) is 4.16. The van der Waals surface area contributed by atoms with E-state index in [1.54, 1.807) is 4.68 Å². The highest BCUT2D eigenvalue weighted by atomic mass is 16.6. The van der Waals surface area contributed by atoms with Crippen molar-refractivity contribution in [3.63, 3.8) is 0 Å². The monoisotopic (exact) mass is 405 g/mol. The number of hydrogen-bond donors (Lipinski definition) is 0. The van der Waals surface area contributed by atoms with Crippen molar-refractivity contribution in [3.05, 3.63) is 17.5 Å². The van der Waals surface area contributed by atoms with Crippen LogP contribution in [0, 0.1) is 0 Å². The highest BCUT2D eigenvalue weighted by molar-refractivity contribution is 5.88. The minimum absolute atomic E-state index is 0.0420. The number of nitrogens with zero attached hydrogens (tertiary/aromatic N) is 3. The van der Waals surface area contributed by atoms with Crippen molar-refractivity contribution < 1.29 is 19.1 Å². The second-order valence-electron chi connectivity index (χ2n) is 10.3. The Morgan fingerprint density at radius 2 is 1.83 bits per heavy atom. The molecule has 0 unspecified atom stereocenters. The first-order valence-electron chi connectivity index (χ1n) is 10.7. The van der Waals surface area contributed by atoms with Gasteiger partial charge in [0.05, 0.1) is 17.8 Å². The van der Waals surface area contributed by atoms with Crippen molar-refractivity contribution in [1.82, 2.24) is 14.7 Å². The van der Waals surface area contributed by atoms with E-state index < -0.39 is 5.60 Å². The predicted molar refractivity (Wildman–Crippen MR) is 110 cm³/mol. The van der Waals surface area contributed by atoms with Crippen molar-refractivity contribution in [3.8, 4) is 0 Å². The van der Waals surface area contributed by atoms with Crippen molar-refractivity contribution in [2.75, 3.05) is 19.7 Å². The lowest BCUT2D eigenvalue weighted by molar-refractivity contribution is -0.156. The molecular weight excluding hydrogens is 370 g/mol. The van der Waals surface area contributed by atoms with E-state index in [2.05, 4.69) is 10.00 Å². The first kappa shape index (κ1) is 21.8. The molecule has 2 fully saturated rings. The topological polar surface area (TPSA) is 73.7 Å². The summed E-state index contributed by atoms with van der Waals surface area (Å²) in [7, 11) is 0. The Hall–Kier alpha value is -1.89. The molecule has 7 heteroatoms. The number of esters is 2. The van der Waals surface area contributed by atoms with E-state index >= 15 is 0 Å². The zero-order valence-electron chi connectivity index (χ0n) is 18.7. The molecule has 7 nitrogen and oxygen atoms in total. The first-order valence-corrected chi connectivity index (χ1v) is 10.7. The van der Waals surface area contributed by atoms with Crippen LogP contribution in [-0.2, 0) is 19.8 Å².